The fourth-order valence-electron chi connectivity index (χ4n) is 2.64. The molecule has 1 aliphatic rings. The summed E-state index contributed by atoms with van der Waals surface area (Å²) in [7, 11) is 0. The number of rotatable bonds is 6. The Morgan fingerprint density at radius 3 is 2.70 bits per heavy atom. The van der Waals surface area contributed by atoms with Crippen LogP contribution >= 0.6 is 11.8 Å². The van der Waals surface area contributed by atoms with Crippen LogP contribution in [0.5, 0.6) is 5.88 Å². The van der Waals surface area contributed by atoms with Crippen LogP contribution in [0.3, 0.4) is 0 Å². The lowest BCUT2D eigenvalue weighted by Gasteiger charge is -2.36. The van der Waals surface area contributed by atoms with Crippen LogP contribution in [0, 0.1) is 0 Å². The maximum atomic E-state index is 5.60. The minimum absolute atomic E-state index is 0.133. The van der Waals surface area contributed by atoms with E-state index in [2.05, 4.69) is 21.5 Å². The van der Waals surface area contributed by atoms with Crippen LogP contribution in [-0.4, -0.2) is 33.6 Å². The number of thioether (sulfide) groups is 1. The van der Waals surface area contributed by atoms with Gasteiger partial charge in [0.05, 0.1) is 6.10 Å². The second-order valence-electron chi connectivity index (χ2n) is 5.71. The van der Waals surface area contributed by atoms with Crippen molar-refractivity contribution in [2.45, 2.75) is 56.8 Å². The van der Waals surface area contributed by atoms with Gasteiger partial charge in [-0.15, -0.1) is 0 Å². The Hall–Kier alpha value is -0.970. The molecule has 0 amide bonds. The number of aromatic nitrogens is 2. The average Bonchev–Trinajstić information content (AvgIpc) is 2.46. The molecule has 5 heteroatoms. The van der Waals surface area contributed by atoms with Crippen molar-refractivity contribution < 1.29 is 4.74 Å². The third-order valence-electron chi connectivity index (χ3n) is 3.79. The minimum Gasteiger partial charge on any atom is -0.475 e. The van der Waals surface area contributed by atoms with Gasteiger partial charge in [-0.25, -0.2) is 9.97 Å². The molecule has 0 aromatic carbocycles. The van der Waals surface area contributed by atoms with Crippen molar-refractivity contribution in [2.75, 3.05) is 18.1 Å². The van der Waals surface area contributed by atoms with Crippen LogP contribution in [-0.2, 0) is 0 Å². The Kier molecular flexibility index (Phi) is 5.52. The van der Waals surface area contributed by atoms with Crippen molar-refractivity contribution in [1.29, 1.82) is 0 Å². The van der Waals surface area contributed by atoms with Gasteiger partial charge >= 0.3 is 0 Å². The lowest BCUT2D eigenvalue weighted by atomic mass is 9.88. The molecule has 1 heterocycles. The van der Waals surface area contributed by atoms with E-state index in [0.717, 1.165) is 12.4 Å². The number of hydrogen-bond donors (Lipinski definition) is 1. The molecule has 1 aromatic rings. The molecule has 0 bridgehead atoms. The maximum Gasteiger partial charge on any atom is 0.218 e. The Bertz CT molecular complexity index is 419. The molecule has 4 nitrogen and oxygen atoms in total. The molecule has 1 aromatic heterocycles. The third kappa shape index (κ3) is 4.27. The Labute approximate surface area is 126 Å². The summed E-state index contributed by atoms with van der Waals surface area (Å²) in [4.78, 5) is 8.42. The highest BCUT2D eigenvalue weighted by Gasteiger charge is 2.30. The van der Waals surface area contributed by atoms with E-state index in [4.69, 9.17) is 4.74 Å². The van der Waals surface area contributed by atoms with Gasteiger partial charge in [-0.3, -0.25) is 0 Å². The molecule has 0 spiro atoms. The van der Waals surface area contributed by atoms with Crippen LogP contribution < -0.4 is 10.1 Å². The highest BCUT2D eigenvalue weighted by atomic mass is 32.2. The standard InChI is InChI=1S/C15H25N3OS/c1-12(2)19-14-9-13(17-11-18-14)16-10-15(20-3)7-5-4-6-8-15/h9,11-12H,4-8,10H2,1-3H3,(H,16,17,18). The first-order valence-corrected chi connectivity index (χ1v) is 8.64. The van der Waals surface area contributed by atoms with Gasteiger partial charge in [-0.05, 0) is 32.9 Å². The Morgan fingerprint density at radius 1 is 1.30 bits per heavy atom. The van der Waals surface area contributed by atoms with Gasteiger partial charge in [0.1, 0.15) is 12.1 Å². The zero-order chi connectivity index (χ0) is 14.4. The monoisotopic (exact) mass is 295 g/mol. The van der Waals surface area contributed by atoms with Crippen molar-refractivity contribution >= 4 is 17.6 Å². The summed E-state index contributed by atoms with van der Waals surface area (Å²) in [5.41, 5.74) is 0. The van der Waals surface area contributed by atoms with E-state index in [1.165, 1.54) is 32.1 Å². The molecular weight excluding hydrogens is 270 g/mol. The lowest BCUT2D eigenvalue weighted by Crippen LogP contribution is -2.35. The number of anilines is 1. The third-order valence-corrected chi connectivity index (χ3v) is 5.21. The fourth-order valence-corrected chi connectivity index (χ4v) is 3.56. The van der Waals surface area contributed by atoms with Crippen molar-refractivity contribution in [3.8, 4) is 5.88 Å². The summed E-state index contributed by atoms with van der Waals surface area (Å²) in [6, 6.07) is 1.89. The van der Waals surface area contributed by atoms with Crippen molar-refractivity contribution in [3.05, 3.63) is 12.4 Å². The number of ether oxygens (including phenoxy) is 1. The topological polar surface area (TPSA) is 47.0 Å². The van der Waals surface area contributed by atoms with E-state index in [-0.39, 0.29) is 6.10 Å². The Balaban J connectivity index is 1.95. The number of nitrogens with zero attached hydrogens (tertiary/aromatic N) is 2. The SMILES string of the molecule is CSC1(CNc2cc(OC(C)C)ncn2)CCCCC1. The van der Waals surface area contributed by atoms with Gasteiger partial charge in [-0.1, -0.05) is 19.3 Å². The van der Waals surface area contributed by atoms with E-state index < -0.39 is 0 Å². The van der Waals surface area contributed by atoms with E-state index in [0.29, 0.717) is 10.6 Å². The lowest BCUT2D eigenvalue weighted by molar-refractivity contribution is 0.232. The van der Waals surface area contributed by atoms with Gasteiger partial charge < -0.3 is 10.1 Å². The molecule has 1 saturated carbocycles. The molecule has 112 valence electrons. The van der Waals surface area contributed by atoms with Gasteiger partial charge in [0.15, 0.2) is 0 Å². The van der Waals surface area contributed by atoms with E-state index in [9.17, 15) is 0 Å². The Morgan fingerprint density at radius 2 is 2.05 bits per heavy atom. The van der Waals surface area contributed by atoms with Gasteiger partial charge in [0.2, 0.25) is 5.88 Å². The largest absolute Gasteiger partial charge is 0.475 e. The highest BCUT2D eigenvalue weighted by molar-refractivity contribution is 8.00. The van der Waals surface area contributed by atoms with Crippen LogP contribution in [0.4, 0.5) is 5.82 Å². The second-order valence-corrected chi connectivity index (χ2v) is 6.98. The van der Waals surface area contributed by atoms with E-state index in [1.807, 2.05) is 31.7 Å². The predicted octanol–water partition coefficient (Wildman–Crippen LogP) is 3.74. The minimum atomic E-state index is 0.133. The van der Waals surface area contributed by atoms with Crippen molar-refractivity contribution in [2.24, 2.45) is 0 Å². The summed E-state index contributed by atoms with van der Waals surface area (Å²) in [6.45, 7) is 4.96. The quantitative estimate of drug-likeness (QED) is 0.866. The molecule has 0 atom stereocenters. The molecule has 1 aliphatic carbocycles. The molecule has 1 N–H and O–H groups in total. The first kappa shape index (κ1) is 15.4. The first-order valence-electron chi connectivity index (χ1n) is 7.41. The average molecular weight is 295 g/mol. The molecule has 0 unspecified atom stereocenters. The zero-order valence-electron chi connectivity index (χ0n) is 12.7. The van der Waals surface area contributed by atoms with Crippen LogP contribution in [0.15, 0.2) is 12.4 Å². The second kappa shape index (κ2) is 7.16. The molecule has 0 saturated heterocycles. The predicted molar refractivity (Wildman–Crippen MR) is 85.6 cm³/mol. The number of hydrogen-bond acceptors (Lipinski definition) is 5. The van der Waals surface area contributed by atoms with Crippen molar-refractivity contribution in [1.82, 2.24) is 9.97 Å². The molecular formula is C15H25N3OS. The fraction of sp³-hybridized carbons (Fsp3) is 0.733. The van der Waals surface area contributed by atoms with Gasteiger partial charge in [-0.2, -0.15) is 11.8 Å². The van der Waals surface area contributed by atoms with Crippen molar-refractivity contribution in [3.63, 3.8) is 0 Å². The zero-order valence-corrected chi connectivity index (χ0v) is 13.5. The normalized spacial score (nSPS) is 18.0. The van der Waals surface area contributed by atoms with E-state index >= 15 is 0 Å². The highest BCUT2D eigenvalue weighted by Crippen LogP contribution is 2.38. The smallest absolute Gasteiger partial charge is 0.218 e. The maximum absolute atomic E-state index is 5.60. The van der Waals surface area contributed by atoms with Gasteiger partial charge in [0, 0.05) is 17.4 Å². The summed E-state index contributed by atoms with van der Waals surface area (Å²) in [5.74, 6) is 1.49. The summed E-state index contributed by atoms with van der Waals surface area (Å²) < 4.78 is 5.97. The molecule has 1 fully saturated rings. The molecule has 2 rings (SSSR count). The molecule has 0 radical (unpaired) electrons. The number of nitrogens with one attached hydrogen (secondary N) is 1. The van der Waals surface area contributed by atoms with Gasteiger partial charge in [0.25, 0.3) is 0 Å². The van der Waals surface area contributed by atoms with Crippen LogP contribution in [0.1, 0.15) is 46.0 Å². The summed E-state index contributed by atoms with van der Waals surface area (Å²) >= 11 is 1.99. The summed E-state index contributed by atoms with van der Waals surface area (Å²) in [6.07, 6.45) is 10.6. The first-order chi connectivity index (χ1) is 9.63. The van der Waals surface area contributed by atoms with Crippen LogP contribution in [0.25, 0.3) is 0 Å². The van der Waals surface area contributed by atoms with Crippen LogP contribution in [0.2, 0.25) is 0 Å². The molecule has 0 aliphatic heterocycles. The molecule has 20 heavy (non-hydrogen) atoms. The van der Waals surface area contributed by atoms with E-state index in [1.54, 1.807) is 6.33 Å². The summed E-state index contributed by atoms with van der Waals surface area (Å²) in [5, 5.41) is 3.47.